The number of nitrogens with zero attached hydrogens (tertiary/aromatic N) is 2. The van der Waals surface area contributed by atoms with Crippen molar-refractivity contribution in [1.29, 1.82) is 0 Å². The van der Waals surface area contributed by atoms with Gasteiger partial charge in [-0.3, -0.25) is 4.79 Å². The number of guanidine groups is 1. The van der Waals surface area contributed by atoms with Gasteiger partial charge in [-0.1, -0.05) is 0 Å². The number of phenolic OH excluding ortho intramolecular Hbond substituents is 1. The van der Waals surface area contributed by atoms with Crippen molar-refractivity contribution in [3.8, 4) is 5.75 Å². The van der Waals surface area contributed by atoms with Crippen LogP contribution in [0.15, 0.2) is 35.5 Å². The van der Waals surface area contributed by atoms with E-state index in [9.17, 15) is 9.90 Å². The lowest BCUT2D eigenvalue weighted by atomic mass is 10.2. The number of halogens is 1. The molecule has 1 aromatic carbocycles. The summed E-state index contributed by atoms with van der Waals surface area (Å²) in [5.41, 5.74) is 0.512. The Kier molecular flexibility index (Phi) is 9.96. The fourth-order valence-electron chi connectivity index (χ4n) is 2.03. The lowest BCUT2D eigenvalue weighted by Crippen LogP contribution is -2.41. The van der Waals surface area contributed by atoms with Crippen LogP contribution in [-0.2, 0) is 6.54 Å². The standard InChI is InChI=1S/C17H23N5O2S.HI/c1-3-18-17(22-11-15-21-10-12(2)25-15)20-9-8-19-16(24)13-4-6-14(23)7-5-13;/h4-7,10,23H,3,8-9,11H2,1-2H3,(H,19,24)(H2,18,20,22);1H. The fraction of sp³-hybridized carbons (Fsp3) is 0.353. The summed E-state index contributed by atoms with van der Waals surface area (Å²) in [4.78, 5) is 21.9. The van der Waals surface area contributed by atoms with Crippen LogP contribution in [0.3, 0.4) is 0 Å². The molecule has 0 atom stereocenters. The quantitative estimate of drug-likeness (QED) is 0.207. The van der Waals surface area contributed by atoms with Crippen molar-refractivity contribution in [2.24, 2.45) is 4.99 Å². The number of aromatic hydroxyl groups is 1. The zero-order chi connectivity index (χ0) is 18.1. The maximum Gasteiger partial charge on any atom is 0.251 e. The molecule has 1 aromatic heterocycles. The number of amides is 1. The predicted octanol–water partition coefficient (Wildman–Crippen LogP) is 2.26. The molecular weight excluding hydrogens is 465 g/mol. The van der Waals surface area contributed by atoms with E-state index in [4.69, 9.17) is 0 Å². The third-order valence-corrected chi connectivity index (χ3v) is 4.12. The second kappa shape index (κ2) is 11.7. The number of hydrogen-bond acceptors (Lipinski definition) is 5. The summed E-state index contributed by atoms with van der Waals surface area (Å²) < 4.78 is 0. The molecule has 0 saturated carbocycles. The van der Waals surface area contributed by atoms with E-state index in [2.05, 4.69) is 25.9 Å². The lowest BCUT2D eigenvalue weighted by molar-refractivity contribution is 0.0954. The van der Waals surface area contributed by atoms with Crippen molar-refractivity contribution < 1.29 is 9.90 Å². The van der Waals surface area contributed by atoms with E-state index in [1.54, 1.807) is 23.5 Å². The smallest absolute Gasteiger partial charge is 0.251 e. The topological polar surface area (TPSA) is 98.6 Å². The molecule has 4 N–H and O–H groups in total. The number of thiazole rings is 1. The van der Waals surface area contributed by atoms with E-state index in [0.29, 0.717) is 31.2 Å². The summed E-state index contributed by atoms with van der Waals surface area (Å²) in [5, 5.41) is 19.4. The van der Waals surface area contributed by atoms with Crippen LogP contribution in [-0.4, -0.2) is 41.6 Å². The van der Waals surface area contributed by atoms with Crippen LogP contribution in [0.4, 0.5) is 0 Å². The average molecular weight is 489 g/mol. The van der Waals surface area contributed by atoms with E-state index in [-0.39, 0.29) is 35.6 Å². The number of carbonyl (C=O) groups excluding carboxylic acids is 1. The molecule has 0 aliphatic rings. The summed E-state index contributed by atoms with van der Waals surface area (Å²) >= 11 is 1.63. The monoisotopic (exact) mass is 489 g/mol. The van der Waals surface area contributed by atoms with E-state index in [1.165, 1.54) is 17.0 Å². The third kappa shape index (κ3) is 7.56. The van der Waals surface area contributed by atoms with Crippen molar-refractivity contribution in [3.63, 3.8) is 0 Å². The zero-order valence-electron chi connectivity index (χ0n) is 14.8. The molecular formula is C17H24IN5O2S. The fourth-order valence-corrected chi connectivity index (χ4v) is 2.75. The summed E-state index contributed by atoms with van der Waals surface area (Å²) in [6.45, 7) is 6.30. The first-order valence-electron chi connectivity index (χ1n) is 8.09. The van der Waals surface area contributed by atoms with E-state index in [1.807, 2.05) is 20.0 Å². The lowest BCUT2D eigenvalue weighted by Gasteiger charge is -2.11. The molecule has 7 nitrogen and oxygen atoms in total. The number of aromatic nitrogens is 1. The highest BCUT2D eigenvalue weighted by atomic mass is 127. The number of rotatable bonds is 7. The molecule has 142 valence electrons. The van der Waals surface area contributed by atoms with Gasteiger partial charge < -0.3 is 21.1 Å². The Balaban J connectivity index is 0.00000338. The Hall–Kier alpha value is -1.88. The minimum atomic E-state index is -0.179. The van der Waals surface area contributed by atoms with Gasteiger partial charge in [0.25, 0.3) is 5.91 Å². The van der Waals surface area contributed by atoms with Gasteiger partial charge in [0.05, 0.1) is 6.54 Å². The number of aryl methyl sites for hydroxylation is 1. The maximum absolute atomic E-state index is 12.0. The van der Waals surface area contributed by atoms with Crippen LogP contribution in [0.2, 0.25) is 0 Å². The van der Waals surface area contributed by atoms with E-state index < -0.39 is 0 Å². The normalized spacial score (nSPS) is 10.8. The highest BCUT2D eigenvalue weighted by molar-refractivity contribution is 14.0. The van der Waals surface area contributed by atoms with Crippen LogP contribution < -0.4 is 16.0 Å². The van der Waals surface area contributed by atoms with Gasteiger partial charge in [-0.05, 0) is 38.1 Å². The van der Waals surface area contributed by atoms with Crippen LogP contribution in [0.5, 0.6) is 5.75 Å². The van der Waals surface area contributed by atoms with Crippen molar-refractivity contribution in [2.75, 3.05) is 19.6 Å². The molecule has 0 saturated heterocycles. The summed E-state index contributed by atoms with van der Waals surface area (Å²) in [5.74, 6) is 0.649. The van der Waals surface area contributed by atoms with Gasteiger partial charge in [0.2, 0.25) is 0 Å². The molecule has 9 heteroatoms. The minimum Gasteiger partial charge on any atom is -0.508 e. The first-order chi connectivity index (χ1) is 12.1. The maximum atomic E-state index is 12.0. The summed E-state index contributed by atoms with van der Waals surface area (Å²) in [6, 6.07) is 6.14. The largest absolute Gasteiger partial charge is 0.508 e. The first-order valence-corrected chi connectivity index (χ1v) is 8.91. The van der Waals surface area contributed by atoms with Crippen LogP contribution >= 0.6 is 35.3 Å². The number of nitrogens with one attached hydrogen (secondary N) is 3. The zero-order valence-corrected chi connectivity index (χ0v) is 17.9. The molecule has 0 aliphatic heterocycles. The molecule has 26 heavy (non-hydrogen) atoms. The van der Waals surface area contributed by atoms with Crippen LogP contribution in [0.25, 0.3) is 0 Å². The molecule has 0 spiro atoms. The molecule has 2 aromatic rings. The molecule has 0 bridgehead atoms. The van der Waals surface area contributed by atoms with Crippen molar-refractivity contribution in [2.45, 2.75) is 20.4 Å². The van der Waals surface area contributed by atoms with Crippen molar-refractivity contribution in [3.05, 3.63) is 45.9 Å². The summed E-state index contributed by atoms with van der Waals surface area (Å²) in [7, 11) is 0. The number of carbonyl (C=O) groups is 1. The second-order valence-corrected chi connectivity index (χ2v) is 6.61. The molecule has 0 radical (unpaired) electrons. The van der Waals surface area contributed by atoms with Gasteiger partial charge in [-0.25, -0.2) is 9.98 Å². The molecule has 0 fully saturated rings. The highest BCUT2D eigenvalue weighted by Crippen LogP contribution is 2.11. The van der Waals surface area contributed by atoms with Crippen molar-refractivity contribution >= 4 is 47.2 Å². The van der Waals surface area contributed by atoms with Crippen LogP contribution in [0.1, 0.15) is 27.2 Å². The highest BCUT2D eigenvalue weighted by Gasteiger charge is 2.05. The van der Waals surface area contributed by atoms with Gasteiger partial charge in [0, 0.05) is 36.3 Å². The molecule has 1 heterocycles. The Morgan fingerprint density at radius 3 is 2.50 bits per heavy atom. The molecule has 2 rings (SSSR count). The number of benzene rings is 1. The third-order valence-electron chi connectivity index (χ3n) is 3.22. The first kappa shape index (κ1) is 22.2. The van der Waals surface area contributed by atoms with E-state index in [0.717, 1.165) is 11.6 Å². The number of hydrogen-bond donors (Lipinski definition) is 4. The van der Waals surface area contributed by atoms with E-state index >= 15 is 0 Å². The molecule has 1 amide bonds. The Bertz CT molecular complexity index is 718. The van der Waals surface area contributed by atoms with Gasteiger partial charge in [0.1, 0.15) is 10.8 Å². The van der Waals surface area contributed by atoms with Gasteiger partial charge in [-0.2, -0.15) is 0 Å². The Morgan fingerprint density at radius 1 is 1.19 bits per heavy atom. The molecule has 0 aliphatic carbocycles. The average Bonchev–Trinajstić information content (AvgIpc) is 3.02. The Labute approximate surface area is 174 Å². The van der Waals surface area contributed by atoms with Crippen LogP contribution in [0, 0.1) is 6.92 Å². The number of aliphatic imine (C=N–C) groups is 1. The SMILES string of the molecule is CCNC(=NCc1ncc(C)s1)NCCNC(=O)c1ccc(O)cc1.I. The predicted molar refractivity (Wildman–Crippen MR) is 116 cm³/mol. The molecule has 0 unspecified atom stereocenters. The minimum absolute atomic E-state index is 0. The van der Waals surface area contributed by atoms with Gasteiger partial charge in [0.15, 0.2) is 5.96 Å². The van der Waals surface area contributed by atoms with Gasteiger partial charge in [-0.15, -0.1) is 35.3 Å². The number of phenols is 1. The second-order valence-electron chi connectivity index (χ2n) is 5.29. The summed E-state index contributed by atoms with van der Waals surface area (Å²) in [6.07, 6.45) is 1.84. The Morgan fingerprint density at radius 2 is 1.88 bits per heavy atom. The van der Waals surface area contributed by atoms with Gasteiger partial charge >= 0.3 is 0 Å². The van der Waals surface area contributed by atoms with Crippen molar-refractivity contribution in [1.82, 2.24) is 20.9 Å².